The molecule has 0 spiro atoms. The number of amidine groups is 1. The molecule has 108 valence electrons. The predicted octanol–water partition coefficient (Wildman–Crippen LogP) is 1.64. The van der Waals surface area contributed by atoms with Gasteiger partial charge in [0, 0.05) is 37.3 Å². The smallest absolute Gasteiger partial charge is 0.122 e. The molecule has 3 N–H and O–H groups in total. The third-order valence-corrected chi connectivity index (χ3v) is 4.90. The van der Waals surface area contributed by atoms with Crippen molar-refractivity contribution in [2.75, 3.05) is 20.1 Å². The van der Waals surface area contributed by atoms with Gasteiger partial charge in [-0.1, -0.05) is 24.3 Å². The third-order valence-electron chi connectivity index (χ3n) is 4.90. The van der Waals surface area contributed by atoms with Gasteiger partial charge in [-0.15, -0.1) is 0 Å². The molecule has 1 aromatic rings. The Balaban J connectivity index is 1.64. The lowest BCUT2D eigenvalue weighted by atomic mass is 10.1. The summed E-state index contributed by atoms with van der Waals surface area (Å²) in [5.74, 6) is 0.144. The minimum Gasteiger partial charge on any atom is -0.384 e. The van der Waals surface area contributed by atoms with Crippen molar-refractivity contribution in [1.82, 2.24) is 9.80 Å². The van der Waals surface area contributed by atoms with Crippen LogP contribution in [0.5, 0.6) is 0 Å². The van der Waals surface area contributed by atoms with E-state index < -0.39 is 0 Å². The van der Waals surface area contributed by atoms with Crippen LogP contribution in [0.25, 0.3) is 0 Å². The Labute approximate surface area is 121 Å². The molecule has 0 aliphatic carbocycles. The SMILES string of the molecule is CN1C2CCC1CN(Cc1ccc(C(=N)N)cc1)CC2. The second kappa shape index (κ2) is 5.54. The molecule has 0 amide bonds. The molecule has 2 unspecified atom stereocenters. The molecule has 0 aromatic heterocycles. The molecule has 0 radical (unpaired) electrons. The number of nitrogen functional groups attached to an aromatic ring is 1. The van der Waals surface area contributed by atoms with Crippen LogP contribution >= 0.6 is 0 Å². The molecule has 3 rings (SSSR count). The maximum absolute atomic E-state index is 7.43. The zero-order chi connectivity index (χ0) is 14.1. The molecule has 0 saturated carbocycles. The number of likely N-dealkylation sites (N-methyl/N-ethyl adjacent to an activating group) is 1. The number of nitrogens with zero attached hydrogens (tertiary/aromatic N) is 2. The highest BCUT2D eigenvalue weighted by Crippen LogP contribution is 2.28. The predicted molar refractivity (Wildman–Crippen MR) is 81.9 cm³/mol. The molecule has 2 aliphatic heterocycles. The van der Waals surface area contributed by atoms with Gasteiger partial charge >= 0.3 is 0 Å². The van der Waals surface area contributed by atoms with Gasteiger partial charge in [0.1, 0.15) is 5.84 Å². The summed E-state index contributed by atoms with van der Waals surface area (Å²) in [5.41, 5.74) is 7.62. The van der Waals surface area contributed by atoms with E-state index in [9.17, 15) is 0 Å². The number of rotatable bonds is 3. The monoisotopic (exact) mass is 272 g/mol. The average Bonchev–Trinajstić information content (AvgIpc) is 2.68. The second-order valence-electron chi connectivity index (χ2n) is 6.18. The zero-order valence-electron chi connectivity index (χ0n) is 12.2. The van der Waals surface area contributed by atoms with Crippen molar-refractivity contribution in [1.29, 1.82) is 5.41 Å². The van der Waals surface area contributed by atoms with Crippen molar-refractivity contribution in [3.8, 4) is 0 Å². The standard InChI is InChI=1S/C16H24N4/c1-19-14-6-7-15(19)11-20(9-8-14)10-12-2-4-13(5-3-12)16(17)18/h2-5,14-15H,6-11H2,1H3,(H3,17,18). The van der Waals surface area contributed by atoms with Crippen LogP contribution < -0.4 is 5.73 Å². The molecule has 1 aromatic carbocycles. The summed E-state index contributed by atoms with van der Waals surface area (Å²) in [4.78, 5) is 5.15. The zero-order valence-corrected chi connectivity index (χ0v) is 12.2. The van der Waals surface area contributed by atoms with E-state index in [1.54, 1.807) is 0 Å². The average molecular weight is 272 g/mol. The fraction of sp³-hybridized carbons (Fsp3) is 0.562. The quantitative estimate of drug-likeness (QED) is 0.649. The number of fused-ring (bicyclic) bond motifs is 2. The molecule has 2 fully saturated rings. The highest BCUT2D eigenvalue weighted by molar-refractivity contribution is 5.94. The molecular weight excluding hydrogens is 248 g/mol. The Bertz CT molecular complexity index is 482. The van der Waals surface area contributed by atoms with Crippen LogP contribution in [0.3, 0.4) is 0 Å². The number of benzene rings is 1. The summed E-state index contributed by atoms with van der Waals surface area (Å²) in [7, 11) is 2.29. The highest BCUT2D eigenvalue weighted by atomic mass is 15.3. The summed E-state index contributed by atoms with van der Waals surface area (Å²) in [6, 6.07) is 9.64. The van der Waals surface area contributed by atoms with Crippen molar-refractivity contribution in [2.24, 2.45) is 5.73 Å². The van der Waals surface area contributed by atoms with Crippen LogP contribution in [0.2, 0.25) is 0 Å². The minimum absolute atomic E-state index is 0.144. The molecule has 4 heteroatoms. The Morgan fingerprint density at radius 3 is 2.60 bits per heavy atom. The molecular formula is C16H24N4. The van der Waals surface area contributed by atoms with Gasteiger partial charge in [-0.2, -0.15) is 0 Å². The minimum atomic E-state index is 0.144. The van der Waals surface area contributed by atoms with E-state index in [1.165, 1.54) is 37.9 Å². The van der Waals surface area contributed by atoms with E-state index in [2.05, 4.69) is 29.0 Å². The summed E-state index contributed by atoms with van der Waals surface area (Å²) >= 11 is 0. The number of nitrogens with one attached hydrogen (secondary N) is 1. The van der Waals surface area contributed by atoms with Gasteiger partial charge < -0.3 is 5.73 Å². The Morgan fingerprint density at radius 2 is 1.90 bits per heavy atom. The molecule has 2 heterocycles. The maximum atomic E-state index is 7.43. The van der Waals surface area contributed by atoms with Gasteiger partial charge in [-0.3, -0.25) is 15.2 Å². The molecule has 2 saturated heterocycles. The molecule has 2 aliphatic rings. The first-order valence-corrected chi connectivity index (χ1v) is 7.51. The normalized spacial score (nSPS) is 27.4. The van der Waals surface area contributed by atoms with E-state index in [4.69, 9.17) is 11.1 Å². The second-order valence-corrected chi connectivity index (χ2v) is 6.18. The topological polar surface area (TPSA) is 56.4 Å². The van der Waals surface area contributed by atoms with Crippen LogP contribution in [0.4, 0.5) is 0 Å². The first kappa shape index (κ1) is 13.6. The summed E-state index contributed by atoms with van der Waals surface area (Å²) in [6.45, 7) is 3.39. The lowest BCUT2D eigenvalue weighted by Crippen LogP contribution is -2.36. The first-order chi connectivity index (χ1) is 9.63. The fourth-order valence-electron chi connectivity index (χ4n) is 3.57. The van der Waals surface area contributed by atoms with Crippen LogP contribution in [-0.4, -0.2) is 47.9 Å². The van der Waals surface area contributed by atoms with E-state index in [1.807, 2.05) is 12.1 Å². The Hall–Kier alpha value is -1.39. The van der Waals surface area contributed by atoms with E-state index in [0.29, 0.717) is 0 Å². The fourth-order valence-corrected chi connectivity index (χ4v) is 3.57. The van der Waals surface area contributed by atoms with Gasteiger partial charge in [-0.25, -0.2) is 0 Å². The highest BCUT2D eigenvalue weighted by Gasteiger charge is 2.34. The van der Waals surface area contributed by atoms with Crippen molar-refractivity contribution < 1.29 is 0 Å². The molecule has 2 bridgehead atoms. The van der Waals surface area contributed by atoms with Crippen molar-refractivity contribution >= 4 is 5.84 Å². The van der Waals surface area contributed by atoms with E-state index in [-0.39, 0.29) is 5.84 Å². The number of likely N-dealkylation sites (tertiary alicyclic amines) is 1. The largest absolute Gasteiger partial charge is 0.384 e. The molecule has 20 heavy (non-hydrogen) atoms. The van der Waals surface area contributed by atoms with Crippen molar-refractivity contribution in [3.05, 3.63) is 35.4 Å². The van der Waals surface area contributed by atoms with Gasteiger partial charge in [0.25, 0.3) is 0 Å². The number of hydrogen-bond acceptors (Lipinski definition) is 3. The third kappa shape index (κ3) is 2.72. The number of hydrogen-bond donors (Lipinski definition) is 2. The summed E-state index contributed by atoms with van der Waals surface area (Å²) in [6.07, 6.45) is 4.02. The number of nitrogens with two attached hydrogens (primary N) is 1. The van der Waals surface area contributed by atoms with E-state index >= 15 is 0 Å². The van der Waals surface area contributed by atoms with Crippen LogP contribution in [-0.2, 0) is 6.54 Å². The van der Waals surface area contributed by atoms with Gasteiger partial charge in [0.15, 0.2) is 0 Å². The lowest BCUT2D eigenvalue weighted by molar-refractivity contribution is 0.214. The molecule has 4 nitrogen and oxygen atoms in total. The van der Waals surface area contributed by atoms with Gasteiger partial charge in [0.05, 0.1) is 0 Å². The Kier molecular flexibility index (Phi) is 3.76. The van der Waals surface area contributed by atoms with Crippen LogP contribution in [0.15, 0.2) is 24.3 Å². The summed E-state index contributed by atoms with van der Waals surface area (Å²) in [5, 5.41) is 7.43. The van der Waals surface area contributed by atoms with Crippen molar-refractivity contribution in [2.45, 2.75) is 37.9 Å². The van der Waals surface area contributed by atoms with Crippen molar-refractivity contribution in [3.63, 3.8) is 0 Å². The summed E-state index contributed by atoms with van der Waals surface area (Å²) < 4.78 is 0. The van der Waals surface area contributed by atoms with Crippen LogP contribution in [0.1, 0.15) is 30.4 Å². The Morgan fingerprint density at radius 1 is 1.20 bits per heavy atom. The van der Waals surface area contributed by atoms with E-state index in [0.717, 1.165) is 24.2 Å². The first-order valence-electron chi connectivity index (χ1n) is 7.51. The van der Waals surface area contributed by atoms with Gasteiger partial charge in [0.2, 0.25) is 0 Å². The molecule has 2 atom stereocenters. The lowest BCUT2D eigenvalue weighted by Gasteiger charge is -2.25. The van der Waals surface area contributed by atoms with Gasteiger partial charge in [-0.05, 0) is 31.9 Å². The van der Waals surface area contributed by atoms with Crippen LogP contribution in [0, 0.1) is 5.41 Å². The maximum Gasteiger partial charge on any atom is 0.122 e.